The van der Waals surface area contributed by atoms with E-state index in [9.17, 15) is 4.79 Å². The molecule has 2 heterocycles. The molecule has 4 rings (SSSR count). The van der Waals surface area contributed by atoms with Crippen molar-refractivity contribution in [2.45, 2.75) is 12.1 Å². The number of carbonyl (C=O) groups excluding carboxylic acids is 1. The van der Waals surface area contributed by atoms with E-state index < -0.39 is 5.54 Å². The molecule has 1 aromatic heterocycles. The molecule has 1 aliphatic heterocycles. The lowest BCUT2D eigenvalue weighted by atomic mass is 9.82. The van der Waals surface area contributed by atoms with Crippen LogP contribution in [0.1, 0.15) is 16.7 Å². The number of hydrogen-bond acceptors (Lipinski definition) is 4. The predicted molar refractivity (Wildman–Crippen MR) is 109 cm³/mol. The third kappa shape index (κ3) is 2.99. The summed E-state index contributed by atoms with van der Waals surface area (Å²) in [5, 5.41) is 14.7. The molecule has 1 aliphatic rings. The number of anilines is 1. The molecule has 28 heavy (non-hydrogen) atoms. The molecule has 3 N–H and O–H groups in total. The number of benzene rings is 2. The van der Waals surface area contributed by atoms with E-state index in [-0.39, 0.29) is 11.9 Å². The second-order valence-corrected chi connectivity index (χ2v) is 6.75. The van der Waals surface area contributed by atoms with Gasteiger partial charge in [-0.15, -0.1) is 0 Å². The predicted octanol–water partition coefficient (Wildman–Crippen LogP) is 2.93. The monoisotopic (exact) mass is 371 g/mol. The Morgan fingerprint density at radius 1 is 1.07 bits per heavy atom. The lowest BCUT2D eigenvalue weighted by molar-refractivity contribution is -0.129. The molecule has 1 saturated heterocycles. The standard InChI is InChI=1S/C22H21N5O/c1-27-20(28)22(26-21(27)23,17-8-3-2-4-9-17)18-10-5-11-19(13-18)25-15-16-7-6-12-24-14-16/h2-14,25H,15H2,1H3,(H2,23,26). The number of nitrogens with zero attached hydrogens (tertiary/aromatic N) is 2. The summed E-state index contributed by atoms with van der Waals surface area (Å²) in [6.45, 7) is 0.632. The average molecular weight is 371 g/mol. The van der Waals surface area contributed by atoms with Gasteiger partial charge in [-0.05, 0) is 34.9 Å². The van der Waals surface area contributed by atoms with Crippen molar-refractivity contribution < 1.29 is 4.79 Å². The van der Waals surface area contributed by atoms with Crippen molar-refractivity contribution in [1.82, 2.24) is 15.2 Å². The van der Waals surface area contributed by atoms with Gasteiger partial charge in [0.05, 0.1) is 0 Å². The van der Waals surface area contributed by atoms with Crippen molar-refractivity contribution in [3.63, 3.8) is 0 Å². The zero-order chi connectivity index (χ0) is 19.6. The summed E-state index contributed by atoms with van der Waals surface area (Å²) in [5.74, 6) is -0.0873. The second-order valence-electron chi connectivity index (χ2n) is 6.75. The van der Waals surface area contributed by atoms with Crippen molar-refractivity contribution in [1.29, 1.82) is 5.41 Å². The van der Waals surface area contributed by atoms with Crippen LogP contribution in [0.25, 0.3) is 0 Å². The van der Waals surface area contributed by atoms with E-state index >= 15 is 0 Å². The Balaban J connectivity index is 1.72. The highest BCUT2D eigenvalue weighted by Crippen LogP contribution is 2.36. The second kappa shape index (κ2) is 7.15. The first-order valence-electron chi connectivity index (χ1n) is 9.05. The largest absolute Gasteiger partial charge is 0.381 e. The highest BCUT2D eigenvalue weighted by Gasteiger charge is 2.50. The Morgan fingerprint density at radius 3 is 2.54 bits per heavy atom. The molecule has 140 valence electrons. The quantitative estimate of drug-likeness (QED) is 0.644. The smallest absolute Gasteiger partial charge is 0.264 e. The van der Waals surface area contributed by atoms with Crippen LogP contribution in [-0.2, 0) is 16.9 Å². The molecule has 1 atom stereocenters. The van der Waals surface area contributed by atoms with Crippen molar-refractivity contribution in [2.24, 2.45) is 0 Å². The van der Waals surface area contributed by atoms with Gasteiger partial charge in [0.2, 0.25) is 0 Å². The zero-order valence-electron chi connectivity index (χ0n) is 15.5. The van der Waals surface area contributed by atoms with Gasteiger partial charge in [0, 0.05) is 31.7 Å². The highest BCUT2D eigenvalue weighted by molar-refractivity contribution is 6.10. The third-order valence-electron chi connectivity index (χ3n) is 4.99. The van der Waals surface area contributed by atoms with Crippen LogP contribution in [0, 0.1) is 5.41 Å². The maximum absolute atomic E-state index is 13.2. The average Bonchev–Trinajstić information content (AvgIpc) is 2.99. The molecule has 1 unspecified atom stereocenters. The molecule has 0 saturated carbocycles. The summed E-state index contributed by atoms with van der Waals surface area (Å²) < 4.78 is 0. The molecule has 1 fully saturated rings. The molecule has 6 heteroatoms. The lowest BCUT2D eigenvalue weighted by Gasteiger charge is -2.28. The van der Waals surface area contributed by atoms with Crippen LogP contribution in [-0.4, -0.2) is 28.8 Å². The first kappa shape index (κ1) is 17.7. The summed E-state index contributed by atoms with van der Waals surface area (Å²) >= 11 is 0. The first-order chi connectivity index (χ1) is 13.6. The van der Waals surface area contributed by atoms with Gasteiger partial charge < -0.3 is 10.6 Å². The van der Waals surface area contributed by atoms with Gasteiger partial charge in [0.15, 0.2) is 11.5 Å². The Morgan fingerprint density at radius 2 is 1.86 bits per heavy atom. The van der Waals surface area contributed by atoms with Crippen LogP contribution in [0.3, 0.4) is 0 Å². The minimum atomic E-state index is -1.11. The van der Waals surface area contributed by atoms with Crippen molar-refractivity contribution in [2.75, 3.05) is 12.4 Å². The van der Waals surface area contributed by atoms with Crippen LogP contribution in [0.2, 0.25) is 0 Å². The van der Waals surface area contributed by atoms with Gasteiger partial charge >= 0.3 is 0 Å². The molecular weight excluding hydrogens is 350 g/mol. The van der Waals surface area contributed by atoms with Crippen molar-refractivity contribution in [3.05, 3.63) is 95.8 Å². The van der Waals surface area contributed by atoms with E-state index in [4.69, 9.17) is 5.41 Å². The molecule has 6 nitrogen and oxygen atoms in total. The van der Waals surface area contributed by atoms with E-state index in [1.807, 2.05) is 72.9 Å². The van der Waals surface area contributed by atoms with E-state index in [1.54, 1.807) is 13.2 Å². The van der Waals surface area contributed by atoms with Crippen LogP contribution in [0.5, 0.6) is 0 Å². The van der Waals surface area contributed by atoms with Gasteiger partial charge in [-0.1, -0.05) is 48.5 Å². The van der Waals surface area contributed by atoms with E-state index in [0.717, 1.165) is 22.4 Å². The van der Waals surface area contributed by atoms with Gasteiger partial charge in [0.25, 0.3) is 5.91 Å². The fraction of sp³-hybridized carbons (Fsp3) is 0.136. The maximum Gasteiger partial charge on any atom is 0.264 e. The number of rotatable bonds is 5. The van der Waals surface area contributed by atoms with Gasteiger partial charge in [-0.2, -0.15) is 0 Å². The summed E-state index contributed by atoms with van der Waals surface area (Å²) in [5.41, 5.74) is 2.45. The minimum absolute atomic E-state index is 0.0857. The topological polar surface area (TPSA) is 81.1 Å². The third-order valence-corrected chi connectivity index (χ3v) is 4.99. The zero-order valence-corrected chi connectivity index (χ0v) is 15.5. The van der Waals surface area contributed by atoms with E-state index in [0.29, 0.717) is 6.54 Å². The Bertz CT molecular complexity index is 1010. The fourth-order valence-electron chi connectivity index (χ4n) is 3.48. The summed E-state index contributed by atoms with van der Waals surface area (Å²) in [4.78, 5) is 18.7. The molecule has 0 radical (unpaired) electrons. The fourth-order valence-corrected chi connectivity index (χ4v) is 3.48. The Labute approximate surface area is 163 Å². The van der Waals surface area contributed by atoms with Gasteiger partial charge in [0.1, 0.15) is 0 Å². The number of aromatic nitrogens is 1. The number of likely N-dealkylation sites (N-methyl/N-ethyl adjacent to an activating group) is 1. The van der Waals surface area contributed by atoms with Crippen molar-refractivity contribution in [3.8, 4) is 0 Å². The Hall–Kier alpha value is -3.67. The number of nitrogens with one attached hydrogen (secondary N) is 3. The first-order valence-corrected chi connectivity index (χ1v) is 9.05. The molecule has 1 amide bonds. The van der Waals surface area contributed by atoms with Gasteiger partial charge in [-0.3, -0.25) is 20.1 Å². The molecule has 0 aliphatic carbocycles. The van der Waals surface area contributed by atoms with Crippen molar-refractivity contribution >= 4 is 17.6 Å². The summed E-state index contributed by atoms with van der Waals surface area (Å²) in [6.07, 6.45) is 3.57. The van der Waals surface area contributed by atoms with Crippen LogP contribution in [0.4, 0.5) is 5.69 Å². The number of amides is 1. The van der Waals surface area contributed by atoms with E-state index in [1.165, 1.54) is 4.90 Å². The summed E-state index contributed by atoms with van der Waals surface area (Å²) in [6, 6.07) is 21.2. The van der Waals surface area contributed by atoms with Crippen LogP contribution < -0.4 is 10.6 Å². The Kier molecular flexibility index (Phi) is 4.53. The maximum atomic E-state index is 13.2. The number of hydrogen-bond donors (Lipinski definition) is 3. The molecule has 2 aromatic carbocycles. The normalized spacial score (nSPS) is 18.8. The van der Waals surface area contributed by atoms with Crippen LogP contribution >= 0.6 is 0 Å². The molecule has 0 bridgehead atoms. The minimum Gasteiger partial charge on any atom is -0.381 e. The number of pyridine rings is 1. The number of carbonyl (C=O) groups is 1. The molecule has 3 aromatic rings. The molecule has 0 spiro atoms. The summed E-state index contributed by atoms with van der Waals surface area (Å²) in [7, 11) is 1.62. The molecular formula is C22H21N5O. The number of guanidine groups is 1. The van der Waals surface area contributed by atoms with E-state index in [2.05, 4.69) is 15.6 Å². The highest BCUT2D eigenvalue weighted by atomic mass is 16.2. The van der Waals surface area contributed by atoms with Crippen LogP contribution in [0.15, 0.2) is 79.1 Å². The lowest BCUT2D eigenvalue weighted by Crippen LogP contribution is -2.45. The van der Waals surface area contributed by atoms with Gasteiger partial charge in [-0.25, -0.2) is 0 Å². The SMILES string of the molecule is CN1C(=N)NC(c2ccccc2)(c2cccc(NCc3cccnc3)c2)C1=O.